The number of nitrogens with one attached hydrogen (secondary N) is 2. The number of amides is 1. The molecule has 0 spiro atoms. The topological polar surface area (TPSA) is 103 Å². The van der Waals surface area contributed by atoms with E-state index in [9.17, 15) is 4.79 Å². The second-order valence-corrected chi connectivity index (χ2v) is 4.32. The molecule has 1 amide bonds. The normalized spacial score (nSPS) is 15.2. The second kappa shape index (κ2) is 5.14. The van der Waals surface area contributed by atoms with Gasteiger partial charge in [0.1, 0.15) is 0 Å². The molecule has 0 bridgehead atoms. The van der Waals surface area contributed by atoms with Gasteiger partial charge < -0.3 is 10.6 Å². The highest BCUT2D eigenvalue weighted by Gasteiger charge is 2.21. The van der Waals surface area contributed by atoms with Gasteiger partial charge in [-0.25, -0.2) is 4.68 Å². The Morgan fingerprint density at radius 3 is 3.05 bits per heavy atom. The number of rotatable bonds is 5. The number of carbonyl (C=O) groups is 1. The van der Waals surface area contributed by atoms with Gasteiger partial charge in [-0.2, -0.15) is 0 Å². The van der Waals surface area contributed by atoms with E-state index in [-0.39, 0.29) is 5.91 Å². The van der Waals surface area contributed by atoms with E-state index in [0.29, 0.717) is 24.8 Å². The third-order valence-corrected chi connectivity index (χ3v) is 2.98. The molecular weight excluding hydrogens is 248 g/mol. The highest BCUT2D eigenvalue weighted by Crippen LogP contribution is 2.09. The molecule has 3 rings (SSSR count). The molecule has 2 N–H and O–H groups in total. The van der Waals surface area contributed by atoms with Gasteiger partial charge in [0.05, 0.1) is 25.0 Å². The van der Waals surface area contributed by atoms with E-state index in [1.807, 2.05) is 0 Å². The van der Waals surface area contributed by atoms with Crippen LogP contribution in [0.1, 0.15) is 16.5 Å². The second-order valence-electron chi connectivity index (χ2n) is 4.32. The van der Waals surface area contributed by atoms with Crippen LogP contribution in [0.5, 0.6) is 0 Å². The maximum atomic E-state index is 11.8. The minimum absolute atomic E-state index is 0.223. The summed E-state index contributed by atoms with van der Waals surface area (Å²) in [5.74, 6) is -0.223. The fourth-order valence-electron chi connectivity index (χ4n) is 1.75. The maximum absolute atomic E-state index is 11.8. The SMILES string of the molecule is O=C(NCCn1ccnn1)c1cn(C2CNC2)nn1. The van der Waals surface area contributed by atoms with Crippen LogP contribution in [0.3, 0.4) is 0 Å². The summed E-state index contributed by atoms with van der Waals surface area (Å²) in [5, 5.41) is 21.2. The number of aromatic nitrogens is 6. The Kier molecular flexibility index (Phi) is 3.19. The van der Waals surface area contributed by atoms with Crippen LogP contribution in [0.2, 0.25) is 0 Å². The van der Waals surface area contributed by atoms with Gasteiger partial charge in [-0.1, -0.05) is 10.4 Å². The molecule has 2 aromatic rings. The summed E-state index contributed by atoms with van der Waals surface area (Å²) in [7, 11) is 0. The molecular formula is C10H14N8O. The van der Waals surface area contributed by atoms with E-state index in [1.54, 1.807) is 28.0 Å². The molecule has 0 saturated carbocycles. The van der Waals surface area contributed by atoms with Crippen LogP contribution in [0.25, 0.3) is 0 Å². The molecule has 0 aromatic carbocycles. The first kappa shape index (κ1) is 11.8. The average molecular weight is 262 g/mol. The molecule has 19 heavy (non-hydrogen) atoms. The van der Waals surface area contributed by atoms with Crippen molar-refractivity contribution in [1.29, 1.82) is 0 Å². The van der Waals surface area contributed by atoms with Gasteiger partial charge in [0.25, 0.3) is 5.91 Å². The average Bonchev–Trinajstić information content (AvgIpc) is 2.97. The first-order valence-corrected chi connectivity index (χ1v) is 6.08. The van der Waals surface area contributed by atoms with Crippen molar-refractivity contribution in [3.05, 3.63) is 24.3 Å². The Morgan fingerprint density at radius 2 is 2.37 bits per heavy atom. The molecule has 1 fully saturated rings. The van der Waals surface area contributed by atoms with Crippen molar-refractivity contribution in [1.82, 2.24) is 40.6 Å². The first-order chi connectivity index (χ1) is 9.33. The standard InChI is InChI=1S/C10H14N8O/c19-10(12-1-3-17-4-2-13-15-17)9-7-18(16-14-9)8-5-11-6-8/h2,4,7-8,11H,1,3,5-6H2,(H,12,19). The molecule has 0 radical (unpaired) electrons. The molecule has 2 aromatic heterocycles. The Morgan fingerprint density at radius 1 is 1.47 bits per heavy atom. The zero-order valence-electron chi connectivity index (χ0n) is 10.2. The van der Waals surface area contributed by atoms with Gasteiger partial charge >= 0.3 is 0 Å². The summed E-state index contributed by atoms with van der Waals surface area (Å²) < 4.78 is 3.37. The van der Waals surface area contributed by atoms with Crippen LogP contribution in [-0.2, 0) is 6.54 Å². The lowest BCUT2D eigenvalue weighted by Gasteiger charge is -2.26. The minimum atomic E-state index is -0.223. The molecule has 0 aliphatic carbocycles. The Labute approximate surface area is 109 Å². The van der Waals surface area contributed by atoms with Crippen LogP contribution in [-0.4, -0.2) is 55.5 Å². The van der Waals surface area contributed by atoms with E-state index in [4.69, 9.17) is 0 Å². The molecule has 1 saturated heterocycles. The highest BCUT2D eigenvalue weighted by molar-refractivity contribution is 5.91. The molecule has 1 aliphatic heterocycles. The Bertz CT molecular complexity index is 544. The summed E-state index contributed by atoms with van der Waals surface area (Å²) in [4.78, 5) is 11.8. The monoisotopic (exact) mass is 262 g/mol. The van der Waals surface area contributed by atoms with E-state index in [0.717, 1.165) is 13.1 Å². The predicted molar refractivity (Wildman–Crippen MR) is 64.3 cm³/mol. The quantitative estimate of drug-likeness (QED) is 0.676. The van der Waals surface area contributed by atoms with Gasteiger partial charge in [-0.15, -0.1) is 10.2 Å². The van der Waals surface area contributed by atoms with Crippen molar-refractivity contribution in [3.8, 4) is 0 Å². The summed E-state index contributed by atoms with van der Waals surface area (Å²) in [6, 6.07) is 0.309. The first-order valence-electron chi connectivity index (χ1n) is 6.08. The van der Waals surface area contributed by atoms with E-state index >= 15 is 0 Å². The zero-order valence-corrected chi connectivity index (χ0v) is 10.2. The van der Waals surface area contributed by atoms with Crippen LogP contribution in [0.15, 0.2) is 18.6 Å². The molecule has 0 unspecified atom stereocenters. The fraction of sp³-hybridized carbons (Fsp3) is 0.500. The maximum Gasteiger partial charge on any atom is 0.273 e. The van der Waals surface area contributed by atoms with Crippen LogP contribution in [0, 0.1) is 0 Å². The van der Waals surface area contributed by atoms with Crippen molar-refractivity contribution in [2.24, 2.45) is 0 Å². The van der Waals surface area contributed by atoms with Gasteiger partial charge in [0.2, 0.25) is 0 Å². The van der Waals surface area contributed by atoms with Crippen molar-refractivity contribution >= 4 is 5.91 Å². The lowest BCUT2D eigenvalue weighted by molar-refractivity contribution is 0.0946. The molecule has 9 heteroatoms. The number of nitrogens with zero attached hydrogens (tertiary/aromatic N) is 6. The van der Waals surface area contributed by atoms with Crippen LogP contribution < -0.4 is 10.6 Å². The summed E-state index contributed by atoms with van der Waals surface area (Å²) in [6.07, 6.45) is 5.02. The third-order valence-electron chi connectivity index (χ3n) is 2.98. The smallest absolute Gasteiger partial charge is 0.273 e. The summed E-state index contributed by atoms with van der Waals surface area (Å²) >= 11 is 0. The van der Waals surface area contributed by atoms with Crippen LogP contribution in [0.4, 0.5) is 0 Å². The predicted octanol–water partition coefficient (Wildman–Crippen LogP) is -1.56. The molecule has 1 aliphatic rings. The number of carbonyl (C=O) groups excluding carboxylic acids is 1. The van der Waals surface area contributed by atoms with Crippen molar-refractivity contribution < 1.29 is 4.79 Å². The zero-order chi connectivity index (χ0) is 13.1. The molecule has 9 nitrogen and oxygen atoms in total. The lowest BCUT2D eigenvalue weighted by Crippen LogP contribution is -2.43. The lowest BCUT2D eigenvalue weighted by atomic mass is 10.2. The van der Waals surface area contributed by atoms with Crippen molar-refractivity contribution in [3.63, 3.8) is 0 Å². The number of hydrogen-bond acceptors (Lipinski definition) is 6. The fourth-order valence-corrected chi connectivity index (χ4v) is 1.75. The van der Waals surface area contributed by atoms with E-state index in [1.165, 1.54) is 0 Å². The summed E-state index contributed by atoms with van der Waals surface area (Å²) in [5.41, 5.74) is 0.338. The van der Waals surface area contributed by atoms with Crippen molar-refractivity contribution in [2.75, 3.05) is 19.6 Å². The van der Waals surface area contributed by atoms with Gasteiger partial charge in [0, 0.05) is 25.8 Å². The number of hydrogen-bond donors (Lipinski definition) is 2. The van der Waals surface area contributed by atoms with Crippen molar-refractivity contribution in [2.45, 2.75) is 12.6 Å². The molecule has 0 atom stereocenters. The van der Waals surface area contributed by atoms with Crippen LogP contribution >= 0.6 is 0 Å². The Hall–Kier alpha value is -2.29. The summed E-state index contributed by atoms with van der Waals surface area (Å²) in [6.45, 7) is 2.79. The van der Waals surface area contributed by atoms with Gasteiger partial charge in [0.15, 0.2) is 5.69 Å². The Balaban J connectivity index is 1.50. The third kappa shape index (κ3) is 2.60. The highest BCUT2D eigenvalue weighted by atomic mass is 16.2. The van der Waals surface area contributed by atoms with Gasteiger partial charge in [-0.05, 0) is 0 Å². The van der Waals surface area contributed by atoms with E-state index < -0.39 is 0 Å². The largest absolute Gasteiger partial charge is 0.349 e. The van der Waals surface area contributed by atoms with Gasteiger partial charge in [-0.3, -0.25) is 9.48 Å². The molecule has 100 valence electrons. The molecule has 3 heterocycles. The van der Waals surface area contributed by atoms with E-state index in [2.05, 4.69) is 31.3 Å². The minimum Gasteiger partial charge on any atom is -0.349 e.